The van der Waals surface area contributed by atoms with Gasteiger partial charge in [0.1, 0.15) is 23.1 Å². The molecule has 234 valence electrons. The van der Waals surface area contributed by atoms with E-state index < -0.39 is 38.3 Å². The highest BCUT2D eigenvalue weighted by Crippen LogP contribution is 2.33. The molecule has 0 aliphatic heterocycles. The molecule has 0 fully saturated rings. The van der Waals surface area contributed by atoms with Crippen molar-refractivity contribution in [1.29, 1.82) is 0 Å². The summed E-state index contributed by atoms with van der Waals surface area (Å²) in [7, 11) is -4.35. The maximum atomic E-state index is 13.5. The first-order valence-electron chi connectivity index (χ1n) is 12.9. The molecule has 3 heterocycles. The van der Waals surface area contributed by atoms with Gasteiger partial charge in [0.25, 0.3) is 21.0 Å². The number of ether oxygens (including phenoxy) is 1. The van der Waals surface area contributed by atoms with Gasteiger partial charge in [-0.2, -0.15) is 18.1 Å². The van der Waals surface area contributed by atoms with Gasteiger partial charge in [-0.05, 0) is 45.0 Å². The van der Waals surface area contributed by atoms with E-state index in [2.05, 4.69) is 20.2 Å². The SMILES string of the molecule is CC(C)Oc1cc(-n2nc(C(C)(C)C)oc2=O)c(Cl)cc1Cl.Cc1ccn2nc(S(=O)(=O)Nc3c(F)cccc3F)nc2n1. The van der Waals surface area contributed by atoms with Crippen LogP contribution in [0, 0.1) is 18.6 Å². The molecular weight excluding hydrogens is 643 g/mol. The van der Waals surface area contributed by atoms with Gasteiger partial charge in [0.05, 0.1) is 21.8 Å². The molecule has 5 aromatic rings. The number of hydrogen-bond donors (Lipinski definition) is 1. The Bertz CT molecular complexity index is 1980. The Hall–Kier alpha value is -4.08. The third-order valence-corrected chi connectivity index (χ3v) is 7.27. The van der Waals surface area contributed by atoms with Gasteiger partial charge in [-0.25, -0.2) is 23.1 Å². The van der Waals surface area contributed by atoms with E-state index in [-0.39, 0.29) is 22.3 Å². The minimum Gasteiger partial charge on any atom is -0.489 e. The maximum Gasteiger partial charge on any atom is 0.442 e. The predicted octanol–water partition coefficient (Wildman–Crippen LogP) is 5.73. The molecule has 0 radical (unpaired) electrons. The van der Waals surface area contributed by atoms with Crippen molar-refractivity contribution in [2.45, 2.75) is 58.2 Å². The fourth-order valence-electron chi connectivity index (χ4n) is 3.49. The number of aryl methyl sites for hydroxylation is 1. The average Bonchev–Trinajstić information content (AvgIpc) is 3.52. The summed E-state index contributed by atoms with van der Waals surface area (Å²) < 4.78 is 66.2. The van der Waals surface area contributed by atoms with E-state index in [1.54, 1.807) is 23.8 Å². The number of nitrogens with zero attached hydrogens (tertiary/aromatic N) is 6. The zero-order valence-electron chi connectivity index (χ0n) is 24.3. The molecule has 0 spiro atoms. The number of anilines is 1. The van der Waals surface area contributed by atoms with Crippen LogP contribution in [0.3, 0.4) is 0 Å². The van der Waals surface area contributed by atoms with Gasteiger partial charge < -0.3 is 9.15 Å². The second-order valence-electron chi connectivity index (χ2n) is 10.6. The van der Waals surface area contributed by atoms with E-state index in [0.29, 0.717) is 28.0 Å². The third-order valence-electron chi connectivity index (χ3n) is 5.55. The van der Waals surface area contributed by atoms with Crippen molar-refractivity contribution < 1.29 is 26.4 Å². The van der Waals surface area contributed by atoms with Crippen LogP contribution >= 0.6 is 23.2 Å². The zero-order valence-corrected chi connectivity index (χ0v) is 26.6. The fraction of sp³-hybridized carbons (Fsp3) is 0.296. The molecule has 0 unspecified atom stereocenters. The van der Waals surface area contributed by atoms with E-state index in [1.807, 2.05) is 34.6 Å². The predicted molar refractivity (Wildman–Crippen MR) is 159 cm³/mol. The quantitative estimate of drug-likeness (QED) is 0.239. The second-order valence-corrected chi connectivity index (χ2v) is 13.0. The highest BCUT2D eigenvalue weighted by atomic mass is 35.5. The Morgan fingerprint density at radius 3 is 2.27 bits per heavy atom. The van der Waals surface area contributed by atoms with Crippen LogP contribution in [0.2, 0.25) is 10.0 Å². The van der Waals surface area contributed by atoms with Crippen LogP contribution in [0.4, 0.5) is 14.5 Å². The Morgan fingerprint density at radius 2 is 1.68 bits per heavy atom. The lowest BCUT2D eigenvalue weighted by atomic mass is 9.97. The number of benzene rings is 2. The molecular formula is C27H27Cl2F2N7O5S. The molecule has 0 bridgehead atoms. The van der Waals surface area contributed by atoms with Crippen LogP contribution in [0.25, 0.3) is 11.5 Å². The fourth-order valence-corrected chi connectivity index (χ4v) is 4.95. The molecule has 0 saturated heterocycles. The average molecular weight is 671 g/mol. The lowest BCUT2D eigenvalue weighted by Crippen LogP contribution is -2.16. The van der Waals surface area contributed by atoms with E-state index in [4.69, 9.17) is 32.4 Å². The summed E-state index contributed by atoms with van der Waals surface area (Å²) in [5, 5.41) is 7.97. The van der Waals surface area contributed by atoms with Crippen molar-refractivity contribution in [3.8, 4) is 11.4 Å². The monoisotopic (exact) mass is 669 g/mol. The van der Waals surface area contributed by atoms with Gasteiger partial charge in [-0.1, -0.05) is 50.0 Å². The molecule has 12 nitrogen and oxygen atoms in total. The van der Waals surface area contributed by atoms with Gasteiger partial charge in [0.15, 0.2) is 0 Å². The summed E-state index contributed by atoms with van der Waals surface area (Å²) in [4.78, 5) is 19.8. The first-order valence-corrected chi connectivity index (χ1v) is 15.1. The van der Waals surface area contributed by atoms with Gasteiger partial charge >= 0.3 is 5.76 Å². The Kier molecular flexibility index (Phi) is 9.32. The highest BCUT2D eigenvalue weighted by molar-refractivity contribution is 7.92. The third kappa shape index (κ3) is 7.34. The van der Waals surface area contributed by atoms with Crippen LogP contribution < -0.4 is 15.2 Å². The number of fused-ring (bicyclic) bond motifs is 1. The number of aromatic nitrogens is 6. The number of halogens is 4. The summed E-state index contributed by atoms with van der Waals surface area (Å²) in [6, 6.07) is 7.71. The van der Waals surface area contributed by atoms with Gasteiger partial charge in [0.2, 0.25) is 5.89 Å². The Morgan fingerprint density at radius 1 is 1.02 bits per heavy atom. The second kappa shape index (κ2) is 12.5. The number of para-hydroxylation sites is 1. The Balaban J connectivity index is 0.000000201. The van der Waals surface area contributed by atoms with Crippen molar-refractivity contribution in [1.82, 2.24) is 29.4 Å². The molecule has 0 amide bonds. The molecule has 5 rings (SSSR count). The first kappa shape index (κ1) is 32.8. The molecule has 0 atom stereocenters. The molecule has 2 aromatic carbocycles. The van der Waals surface area contributed by atoms with Crippen molar-refractivity contribution in [3.63, 3.8) is 0 Å². The lowest BCUT2D eigenvalue weighted by Gasteiger charge is -2.13. The van der Waals surface area contributed by atoms with E-state index in [9.17, 15) is 22.0 Å². The summed E-state index contributed by atoms with van der Waals surface area (Å²) in [6.07, 6.45) is 1.42. The van der Waals surface area contributed by atoms with Crippen LogP contribution in [0.5, 0.6) is 5.75 Å². The zero-order chi connectivity index (χ0) is 32.6. The summed E-state index contributed by atoms with van der Waals surface area (Å²) in [5.41, 5.74) is -0.186. The van der Waals surface area contributed by atoms with Crippen molar-refractivity contribution in [2.75, 3.05) is 4.72 Å². The van der Waals surface area contributed by atoms with Crippen molar-refractivity contribution in [3.05, 3.63) is 86.4 Å². The summed E-state index contributed by atoms with van der Waals surface area (Å²) in [5.74, 6) is -1.86. The maximum absolute atomic E-state index is 13.5. The molecule has 17 heteroatoms. The number of nitrogens with one attached hydrogen (secondary N) is 1. The number of sulfonamides is 1. The van der Waals surface area contributed by atoms with Crippen LogP contribution in [-0.4, -0.2) is 43.9 Å². The van der Waals surface area contributed by atoms with Crippen molar-refractivity contribution in [2.24, 2.45) is 0 Å². The summed E-state index contributed by atoms with van der Waals surface area (Å²) in [6.45, 7) is 11.2. The van der Waals surface area contributed by atoms with E-state index in [1.165, 1.54) is 12.3 Å². The minimum absolute atomic E-state index is 0.0642. The van der Waals surface area contributed by atoms with Gasteiger partial charge in [-0.3, -0.25) is 4.72 Å². The van der Waals surface area contributed by atoms with Gasteiger partial charge in [-0.15, -0.1) is 10.2 Å². The van der Waals surface area contributed by atoms with E-state index in [0.717, 1.165) is 27.4 Å². The minimum atomic E-state index is -4.35. The number of rotatable bonds is 6. The first-order chi connectivity index (χ1) is 20.5. The molecule has 0 aliphatic carbocycles. The van der Waals surface area contributed by atoms with Crippen molar-refractivity contribution >= 4 is 44.7 Å². The molecule has 0 saturated carbocycles. The highest BCUT2D eigenvalue weighted by Gasteiger charge is 2.25. The number of hydrogen-bond acceptors (Lipinski definition) is 9. The summed E-state index contributed by atoms with van der Waals surface area (Å²) >= 11 is 12.3. The Labute approximate surface area is 260 Å². The largest absolute Gasteiger partial charge is 0.489 e. The van der Waals surface area contributed by atoms with E-state index >= 15 is 0 Å². The lowest BCUT2D eigenvalue weighted by molar-refractivity contribution is 0.242. The van der Waals surface area contributed by atoms with Crippen LogP contribution in [-0.2, 0) is 15.4 Å². The van der Waals surface area contributed by atoms with Gasteiger partial charge in [0, 0.05) is 23.4 Å². The standard InChI is InChI=1S/C15H18Cl2N2O3.C12H9F2N5O2S/c1-8(2)21-12-7-11(9(16)6-10(12)17)19-14(20)22-13(18-19)15(3,4)5;1-7-5-6-19-11(15-7)16-12(17-19)22(20,21)18-10-8(13)3-2-4-9(10)14/h6-8H,1-5H3;2-6,18H,1H3. The van der Waals surface area contributed by atoms with Crippen LogP contribution in [0.1, 0.15) is 46.2 Å². The molecule has 0 aliphatic rings. The molecule has 1 N–H and O–H groups in total. The molecule has 3 aromatic heterocycles. The smallest absolute Gasteiger partial charge is 0.442 e. The molecule has 44 heavy (non-hydrogen) atoms. The van der Waals surface area contributed by atoms with Crippen LogP contribution in [0.15, 0.2) is 57.0 Å². The normalized spacial score (nSPS) is 11.9. The topological polar surface area (TPSA) is 147 Å².